The van der Waals surface area contributed by atoms with Gasteiger partial charge in [0.05, 0.1) is 6.61 Å². The van der Waals surface area contributed by atoms with E-state index in [-0.39, 0.29) is 6.09 Å². The van der Waals surface area contributed by atoms with E-state index >= 15 is 0 Å². The lowest BCUT2D eigenvalue weighted by Gasteiger charge is -2.35. The first-order valence-corrected chi connectivity index (χ1v) is 7.96. The van der Waals surface area contributed by atoms with Gasteiger partial charge in [-0.05, 0) is 31.2 Å². The van der Waals surface area contributed by atoms with Gasteiger partial charge in [-0.1, -0.05) is 30.3 Å². The molecule has 4 rings (SSSR count). The molecule has 3 heterocycles. The molecule has 0 saturated carbocycles. The van der Waals surface area contributed by atoms with Gasteiger partial charge in [-0.3, -0.25) is 4.90 Å². The molecule has 2 atom stereocenters. The quantitative estimate of drug-likeness (QED) is 0.857. The van der Waals surface area contributed by atoms with Crippen LogP contribution in [0.5, 0.6) is 0 Å². The third-order valence-corrected chi connectivity index (χ3v) is 4.54. The van der Waals surface area contributed by atoms with Crippen molar-refractivity contribution in [1.82, 2.24) is 9.80 Å². The molecule has 4 heteroatoms. The molecular weight excluding hydrogens is 264 g/mol. The van der Waals surface area contributed by atoms with E-state index in [2.05, 4.69) is 35.2 Å². The van der Waals surface area contributed by atoms with Crippen molar-refractivity contribution in [2.75, 3.05) is 26.2 Å². The first-order chi connectivity index (χ1) is 10.3. The number of hydrogen-bond donors (Lipinski definition) is 0. The maximum Gasteiger partial charge on any atom is 0.410 e. The van der Waals surface area contributed by atoms with E-state index in [0.717, 1.165) is 32.6 Å². The van der Waals surface area contributed by atoms with Crippen molar-refractivity contribution in [3.63, 3.8) is 0 Å². The summed E-state index contributed by atoms with van der Waals surface area (Å²) in [4.78, 5) is 16.5. The average molecular weight is 288 g/mol. The number of amides is 1. The van der Waals surface area contributed by atoms with Gasteiger partial charge in [0.15, 0.2) is 0 Å². The average Bonchev–Trinajstić information content (AvgIpc) is 2.79. The van der Waals surface area contributed by atoms with Crippen LogP contribution in [0, 0.1) is 5.92 Å². The first-order valence-electron chi connectivity index (χ1n) is 7.96. The number of benzene rings is 1. The molecule has 0 N–H and O–H groups in total. The Bertz CT molecular complexity index is 477. The van der Waals surface area contributed by atoms with Gasteiger partial charge in [-0.2, -0.15) is 0 Å². The SMILES string of the molecule is CCOC(=O)N1C[C@H]2CC[C@@H]1CN(Cc1ccccc1)C2. The van der Waals surface area contributed by atoms with Gasteiger partial charge in [0.25, 0.3) is 0 Å². The van der Waals surface area contributed by atoms with E-state index < -0.39 is 0 Å². The van der Waals surface area contributed by atoms with Crippen LogP contribution in [0.4, 0.5) is 4.79 Å². The molecule has 3 fully saturated rings. The smallest absolute Gasteiger partial charge is 0.410 e. The first kappa shape index (κ1) is 14.4. The Morgan fingerprint density at radius 1 is 1.19 bits per heavy atom. The van der Waals surface area contributed by atoms with Gasteiger partial charge in [0.1, 0.15) is 0 Å². The minimum Gasteiger partial charge on any atom is -0.450 e. The van der Waals surface area contributed by atoms with Crippen LogP contribution in [0.25, 0.3) is 0 Å². The van der Waals surface area contributed by atoms with E-state index in [9.17, 15) is 4.79 Å². The van der Waals surface area contributed by atoms with Crippen molar-refractivity contribution in [3.05, 3.63) is 35.9 Å². The molecule has 3 saturated heterocycles. The predicted molar refractivity (Wildman–Crippen MR) is 82.0 cm³/mol. The largest absolute Gasteiger partial charge is 0.450 e. The fourth-order valence-electron chi connectivity index (χ4n) is 3.58. The summed E-state index contributed by atoms with van der Waals surface area (Å²) < 4.78 is 5.21. The van der Waals surface area contributed by atoms with E-state index in [4.69, 9.17) is 4.74 Å². The van der Waals surface area contributed by atoms with Crippen LogP contribution in [0.2, 0.25) is 0 Å². The van der Waals surface area contributed by atoms with Crippen LogP contribution in [-0.2, 0) is 11.3 Å². The summed E-state index contributed by atoms with van der Waals surface area (Å²) in [7, 11) is 0. The molecule has 0 aromatic heterocycles. The molecule has 0 radical (unpaired) electrons. The number of fused-ring (bicyclic) bond motifs is 4. The van der Waals surface area contributed by atoms with Crippen LogP contribution in [0.3, 0.4) is 0 Å². The molecule has 3 aliphatic rings. The Morgan fingerprint density at radius 3 is 2.76 bits per heavy atom. The van der Waals surface area contributed by atoms with E-state index in [0.29, 0.717) is 18.6 Å². The number of nitrogens with zero attached hydrogens (tertiary/aromatic N) is 2. The zero-order valence-electron chi connectivity index (χ0n) is 12.7. The van der Waals surface area contributed by atoms with Crippen LogP contribution in [0.1, 0.15) is 25.3 Å². The zero-order chi connectivity index (χ0) is 14.7. The Hall–Kier alpha value is -1.55. The van der Waals surface area contributed by atoms with Crippen LogP contribution < -0.4 is 0 Å². The molecule has 1 amide bonds. The molecule has 3 aliphatic heterocycles. The van der Waals surface area contributed by atoms with E-state index in [1.165, 1.54) is 12.0 Å². The Kier molecular flexibility index (Phi) is 4.44. The second kappa shape index (κ2) is 6.48. The lowest BCUT2D eigenvalue weighted by molar-refractivity contribution is 0.0713. The maximum atomic E-state index is 12.1. The number of hydrogen-bond acceptors (Lipinski definition) is 3. The lowest BCUT2D eigenvalue weighted by Crippen LogP contribution is -2.47. The summed E-state index contributed by atoms with van der Waals surface area (Å²) in [5.41, 5.74) is 1.35. The van der Waals surface area contributed by atoms with Crippen LogP contribution in [0.15, 0.2) is 30.3 Å². The van der Waals surface area contributed by atoms with Gasteiger partial charge < -0.3 is 9.64 Å². The molecule has 114 valence electrons. The Balaban J connectivity index is 1.67. The third-order valence-electron chi connectivity index (χ3n) is 4.54. The van der Waals surface area contributed by atoms with Crippen molar-refractivity contribution in [2.45, 2.75) is 32.4 Å². The molecule has 4 nitrogen and oxygen atoms in total. The number of carbonyl (C=O) groups is 1. The highest BCUT2D eigenvalue weighted by molar-refractivity contribution is 5.68. The van der Waals surface area contributed by atoms with Gasteiger partial charge in [-0.25, -0.2) is 4.79 Å². The topological polar surface area (TPSA) is 32.8 Å². The van der Waals surface area contributed by atoms with Crippen molar-refractivity contribution in [2.24, 2.45) is 5.92 Å². The summed E-state index contributed by atoms with van der Waals surface area (Å²) in [6.07, 6.45) is 2.20. The number of carbonyl (C=O) groups excluding carboxylic acids is 1. The van der Waals surface area contributed by atoms with Crippen LogP contribution in [-0.4, -0.2) is 48.2 Å². The summed E-state index contributed by atoms with van der Waals surface area (Å²) >= 11 is 0. The highest BCUT2D eigenvalue weighted by Gasteiger charge is 2.37. The molecule has 0 aliphatic carbocycles. The molecule has 21 heavy (non-hydrogen) atoms. The number of piperidine rings is 1. The molecule has 2 bridgehead atoms. The monoisotopic (exact) mass is 288 g/mol. The highest BCUT2D eigenvalue weighted by atomic mass is 16.6. The van der Waals surface area contributed by atoms with Gasteiger partial charge >= 0.3 is 6.09 Å². The second-order valence-electron chi connectivity index (χ2n) is 6.13. The van der Waals surface area contributed by atoms with Crippen molar-refractivity contribution < 1.29 is 9.53 Å². The molecule has 0 unspecified atom stereocenters. The number of ether oxygens (including phenoxy) is 1. The molecule has 1 aromatic rings. The fraction of sp³-hybridized carbons (Fsp3) is 0.588. The highest BCUT2D eigenvalue weighted by Crippen LogP contribution is 2.29. The van der Waals surface area contributed by atoms with Crippen molar-refractivity contribution in [1.29, 1.82) is 0 Å². The van der Waals surface area contributed by atoms with Crippen molar-refractivity contribution in [3.8, 4) is 0 Å². The standard InChI is InChI=1S/C17H24N2O2/c1-2-21-17(20)19-12-15-8-9-16(19)13-18(11-15)10-14-6-4-3-5-7-14/h3-7,15-16H,2,8-13H2,1H3/t15-,16+/m0/s1. The fourth-order valence-corrected chi connectivity index (χ4v) is 3.58. The maximum absolute atomic E-state index is 12.1. The Labute approximate surface area is 126 Å². The second-order valence-corrected chi connectivity index (χ2v) is 6.13. The zero-order valence-corrected chi connectivity index (χ0v) is 12.7. The van der Waals surface area contributed by atoms with E-state index in [1.54, 1.807) is 0 Å². The lowest BCUT2D eigenvalue weighted by atomic mass is 9.95. The predicted octanol–water partition coefficient (Wildman–Crippen LogP) is 2.74. The third kappa shape index (κ3) is 3.38. The van der Waals surface area contributed by atoms with Gasteiger partial charge in [0, 0.05) is 32.2 Å². The molecule has 0 spiro atoms. The Morgan fingerprint density at radius 2 is 2.00 bits per heavy atom. The van der Waals surface area contributed by atoms with Gasteiger partial charge in [-0.15, -0.1) is 0 Å². The molecule has 1 aromatic carbocycles. The normalized spacial score (nSPS) is 25.7. The summed E-state index contributed by atoms with van der Waals surface area (Å²) in [5, 5.41) is 0. The number of rotatable bonds is 3. The summed E-state index contributed by atoms with van der Waals surface area (Å²) in [6, 6.07) is 10.9. The van der Waals surface area contributed by atoms with Crippen molar-refractivity contribution >= 4 is 6.09 Å². The minimum atomic E-state index is -0.131. The summed E-state index contributed by atoms with van der Waals surface area (Å²) in [6.45, 7) is 6.21. The summed E-state index contributed by atoms with van der Waals surface area (Å²) in [5.74, 6) is 0.580. The molecular formula is C17H24N2O2. The van der Waals surface area contributed by atoms with Crippen LogP contribution >= 0.6 is 0 Å². The van der Waals surface area contributed by atoms with Gasteiger partial charge in [0.2, 0.25) is 0 Å². The minimum absolute atomic E-state index is 0.131. The van der Waals surface area contributed by atoms with E-state index in [1.807, 2.05) is 11.8 Å².